The summed E-state index contributed by atoms with van der Waals surface area (Å²) in [7, 11) is 0. The van der Waals surface area contributed by atoms with Crippen LogP contribution in [0, 0.1) is 0 Å². The fourth-order valence-electron chi connectivity index (χ4n) is 3.67. The minimum absolute atomic E-state index is 0.756. The fraction of sp³-hybridized carbons (Fsp3) is 0.0870. The molecule has 0 saturated heterocycles. The molecule has 0 spiro atoms. The normalized spacial score (nSPS) is 13.1. The van der Waals surface area contributed by atoms with Crippen molar-refractivity contribution in [3.05, 3.63) is 88.1 Å². The molecule has 0 N–H and O–H groups in total. The zero-order chi connectivity index (χ0) is 17.5. The molecule has 4 aromatic rings. The van der Waals surface area contributed by atoms with Gasteiger partial charge in [0, 0.05) is 15.4 Å². The van der Waals surface area contributed by atoms with Crippen LogP contribution in [0.25, 0.3) is 22.1 Å². The molecule has 126 valence electrons. The van der Waals surface area contributed by atoms with Crippen molar-refractivity contribution in [2.24, 2.45) is 4.99 Å². The third-order valence-electron chi connectivity index (χ3n) is 4.94. The lowest BCUT2D eigenvalue weighted by Gasteiger charge is -2.04. The van der Waals surface area contributed by atoms with Gasteiger partial charge in [0.1, 0.15) is 11.5 Å². The van der Waals surface area contributed by atoms with Gasteiger partial charge >= 0.3 is 0 Å². The summed E-state index contributed by atoms with van der Waals surface area (Å²) in [6.07, 6.45) is 4.07. The fourth-order valence-corrected chi connectivity index (χ4v) is 3.93. The van der Waals surface area contributed by atoms with E-state index in [0.29, 0.717) is 0 Å². The Labute approximate surface area is 160 Å². The van der Waals surface area contributed by atoms with Crippen LogP contribution in [0.5, 0.6) is 0 Å². The van der Waals surface area contributed by atoms with E-state index in [9.17, 15) is 0 Å². The lowest BCUT2D eigenvalue weighted by Crippen LogP contribution is -1.81. The lowest BCUT2D eigenvalue weighted by molar-refractivity contribution is 0.575. The molecule has 0 aliphatic heterocycles. The molecule has 26 heavy (non-hydrogen) atoms. The van der Waals surface area contributed by atoms with Gasteiger partial charge in [0.25, 0.3) is 0 Å². The van der Waals surface area contributed by atoms with Crippen LogP contribution >= 0.6 is 15.9 Å². The average Bonchev–Trinajstić information content (AvgIpc) is 3.30. The highest BCUT2D eigenvalue weighted by molar-refractivity contribution is 9.10. The molecule has 1 aliphatic carbocycles. The van der Waals surface area contributed by atoms with E-state index in [1.807, 2.05) is 36.4 Å². The Balaban J connectivity index is 1.48. The Morgan fingerprint density at radius 3 is 2.50 bits per heavy atom. The number of aryl methyl sites for hydroxylation is 2. The molecule has 0 amide bonds. The predicted octanol–water partition coefficient (Wildman–Crippen LogP) is 6.71. The van der Waals surface area contributed by atoms with Crippen LogP contribution in [0.1, 0.15) is 16.9 Å². The van der Waals surface area contributed by atoms with Crippen molar-refractivity contribution in [2.45, 2.75) is 12.8 Å². The Kier molecular flexibility index (Phi) is 3.75. The molecular weight excluding hydrogens is 386 g/mol. The molecule has 5 rings (SSSR count). The summed E-state index contributed by atoms with van der Waals surface area (Å²) in [4.78, 5) is 4.71. The first-order valence-corrected chi connectivity index (χ1v) is 9.50. The molecule has 0 radical (unpaired) electrons. The summed E-state index contributed by atoms with van der Waals surface area (Å²) in [5.41, 5.74) is 4.92. The number of halogens is 1. The minimum Gasteiger partial charge on any atom is -0.455 e. The van der Waals surface area contributed by atoms with Gasteiger partial charge in [-0.05, 0) is 59.7 Å². The maximum Gasteiger partial charge on any atom is 0.145 e. The topological polar surface area (TPSA) is 25.5 Å². The van der Waals surface area contributed by atoms with Gasteiger partial charge in [-0.1, -0.05) is 52.3 Å². The van der Waals surface area contributed by atoms with Crippen LogP contribution in [-0.2, 0) is 12.8 Å². The van der Waals surface area contributed by atoms with Crippen LogP contribution in [0.4, 0.5) is 5.69 Å². The van der Waals surface area contributed by atoms with E-state index in [0.717, 1.165) is 40.1 Å². The summed E-state index contributed by atoms with van der Waals surface area (Å²) in [6, 6.07) is 22.9. The number of nitrogens with zero attached hydrogens (tertiary/aromatic N) is 1. The van der Waals surface area contributed by atoms with E-state index in [1.54, 1.807) is 6.21 Å². The summed E-state index contributed by atoms with van der Waals surface area (Å²) >= 11 is 3.46. The Bertz CT molecular complexity index is 1130. The third kappa shape index (κ3) is 2.69. The van der Waals surface area contributed by atoms with Crippen LogP contribution in [-0.4, -0.2) is 6.21 Å². The molecule has 1 aromatic heterocycles. The van der Waals surface area contributed by atoms with Gasteiger partial charge in [-0.3, -0.25) is 4.99 Å². The van der Waals surface area contributed by atoms with Crippen LogP contribution in [0.2, 0.25) is 0 Å². The summed E-state index contributed by atoms with van der Waals surface area (Å²) in [5, 5.41) is 2.62. The minimum atomic E-state index is 0.756. The smallest absolute Gasteiger partial charge is 0.145 e. The van der Waals surface area contributed by atoms with Gasteiger partial charge in [-0.25, -0.2) is 0 Å². The Morgan fingerprint density at radius 1 is 0.846 bits per heavy atom. The molecule has 2 nitrogen and oxygen atoms in total. The maximum atomic E-state index is 5.94. The van der Waals surface area contributed by atoms with Crippen LogP contribution < -0.4 is 0 Å². The Morgan fingerprint density at radius 2 is 1.65 bits per heavy atom. The van der Waals surface area contributed by atoms with E-state index >= 15 is 0 Å². The highest BCUT2D eigenvalue weighted by atomic mass is 79.9. The van der Waals surface area contributed by atoms with Crippen molar-refractivity contribution < 1.29 is 4.42 Å². The van der Waals surface area contributed by atoms with E-state index in [1.165, 1.54) is 21.9 Å². The number of hydrogen-bond acceptors (Lipinski definition) is 2. The second-order valence-corrected chi connectivity index (χ2v) is 7.47. The summed E-state index contributed by atoms with van der Waals surface area (Å²) in [5.74, 6) is 1.60. The van der Waals surface area contributed by atoms with Crippen molar-refractivity contribution in [1.82, 2.24) is 0 Å². The number of aliphatic imine (C=N–C) groups is 1. The molecule has 0 bridgehead atoms. The predicted molar refractivity (Wildman–Crippen MR) is 110 cm³/mol. The maximum absolute atomic E-state index is 5.94. The zero-order valence-electron chi connectivity index (χ0n) is 14.1. The Hall–Kier alpha value is -2.65. The number of rotatable bonds is 3. The first kappa shape index (κ1) is 15.6. The SMILES string of the molecule is Brc1ccc(-c2ccc(C=Nc3ccc4c5c(cccc35)CC4)o2)cc1. The van der Waals surface area contributed by atoms with E-state index in [-0.39, 0.29) is 0 Å². The van der Waals surface area contributed by atoms with Gasteiger partial charge < -0.3 is 4.42 Å². The summed E-state index contributed by atoms with van der Waals surface area (Å²) in [6.45, 7) is 0. The molecule has 0 unspecified atom stereocenters. The molecular formula is C23H16BrNO. The number of benzene rings is 3. The number of furan rings is 1. The highest BCUT2D eigenvalue weighted by Crippen LogP contribution is 2.36. The summed E-state index contributed by atoms with van der Waals surface area (Å²) < 4.78 is 7.00. The molecule has 0 fully saturated rings. The van der Waals surface area contributed by atoms with Crippen molar-refractivity contribution >= 4 is 38.6 Å². The highest BCUT2D eigenvalue weighted by Gasteiger charge is 2.15. The van der Waals surface area contributed by atoms with E-state index in [4.69, 9.17) is 9.41 Å². The molecule has 0 saturated carbocycles. The van der Waals surface area contributed by atoms with Crippen LogP contribution in [0.3, 0.4) is 0 Å². The van der Waals surface area contributed by atoms with E-state index in [2.05, 4.69) is 46.3 Å². The molecule has 3 heteroatoms. The average molecular weight is 402 g/mol. The first-order valence-electron chi connectivity index (χ1n) is 8.71. The second kappa shape index (κ2) is 6.26. The molecule has 0 atom stereocenters. The van der Waals surface area contributed by atoms with Crippen molar-refractivity contribution in [1.29, 1.82) is 0 Å². The first-order chi connectivity index (χ1) is 12.8. The monoisotopic (exact) mass is 401 g/mol. The standard InChI is InChI=1S/C23H16BrNO/c24-18-9-6-15(7-10-18)22-13-11-19(26-22)14-25-21-12-8-17-5-4-16-2-1-3-20(21)23(16)17/h1-3,6-14H,4-5H2. The second-order valence-electron chi connectivity index (χ2n) is 6.55. The quantitative estimate of drug-likeness (QED) is 0.350. The van der Waals surface area contributed by atoms with Crippen molar-refractivity contribution in [2.75, 3.05) is 0 Å². The van der Waals surface area contributed by atoms with Crippen LogP contribution in [0.15, 0.2) is 80.6 Å². The third-order valence-corrected chi connectivity index (χ3v) is 5.47. The van der Waals surface area contributed by atoms with Gasteiger partial charge in [0.05, 0.1) is 11.9 Å². The lowest BCUT2D eigenvalue weighted by atomic mass is 10.0. The molecule has 1 aliphatic rings. The molecule has 3 aromatic carbocycles. The van der Waals surface area contributed by atoms with Gasteiger partial charge in [-0.15, -0.1) is 0 Å². The zero-order valence-corrected chi connectivity index (χ0v) is 15.7. The van der Waals surface area contributed by atoms with E-state index < -0.39 is 0 Å². The van der Waals surface area contributed by atoms with Gasteiger partial charge in [0.15, 0.2) is 0 Å². The molecule has 1 heterocycles. The van der Waals surface area contributed by atoms with Gasteiger partial charge in [0.2, 0.25) is 0 Å². The number of hydrogen-bond donors (Lipinski definition) is 0. The van der Waals surface area contributed by atoms with Gasteiger partial charge in [-0.2, -0.15) is 0 Å². The van der Waals surface area contributed by atoms with Crippen molar-refractivity contribution in [3.63, 3.8) is 0 Å². The largest absolute Gasteiger partial charge is 0.455 e. The van der Waals surface area contributed by atoms with Crippen molar-refractivity contribution in [3.8, 4) is 11.3 Å².